The lowest BCUT2D eigenvalue weighted by Crippen LogP contribution is -2.41. The first-order chi connectivity index (χ1) is 11.7. The van der Waals surface area contributed by atoms with Crippen LogP contribution in [0.2, 0.25) is 0 Å². The molecule has 0 aromatic carbocycles. The second-order valence-electron chi connectivity index (χ2n) is 6.52. The maximum Gasteiger partial charge on any atom is 0.310 e. The van der Waals surface area contributed by atoms with Crippen LogP contribution < -0.4 is 5.32 Å². The van der Waals surface area contributed by atoms with Gasteiger partial charge in [-0.2, -0.15) is 0 Å². The molecule has 0 amide bonds. The van der Waals surface area contributed by atoms with Crippen LogP contribution in [-0.2, 0) is 19.0 Å². The van der Waals surface area contributed by atoms with Crippen molar-refractivity contribution < 1.29 is 19.0 Å². The van der Waals surface area contributed by atoms with Crippen molar-refractivity contribution in [3.63, 3.8) is 0 Å². The lowest BCUT2D eigenvalue weighted by atomic mass is 9.99. The van der Waals surface area contributed by atoms with Crippen LogP contribution >= 0.6 is 24.0 Å². The van der Waals surface area contributed by atoms with E-state index in [4.69, 9.17) is 14.2 Å². The van der Waals surface area contributed by atoms with Gasteiger partial charge in [-0.15, -0.1) is 24.0 Å². The van der Waals surface area contributed by atoms with E-state index in [9.17, 15) is 4.79 Å². The molecule has 2 rings (SSSR count). The second kappa shape index (κ2) is 11.9. The number of aliphatic imine (C=N–C) groups is 1. The maximum absolute atomic E-state index is 11.8. The standard InChI is InChI=1S/C17H31N3O4.HI/c1-13-11-20(12-15(13)16(21)22-3)17(18-2)19-7-4-8-24-14-5-9-23-10-6-14;/h13-15H,4-12H2,1-3H3,(H,18,19);1H. The van der Waals surface area contributed by atoms with Crippen LogP contribution in [0.25, 0.3) is 0 Å². The number of halogens is 1. The molecule has 0 saturated carbocycles. The molecule has 25 heavy (non-hydrogen) atoms. The number of nitrogens with one attached hydrogen (secondary N) is 1. The number of ether oxygens (including phenoxy) is 3. The van der Waals surface area contributed by atoms with Crippen molar-refractivity contribution in [2.24, 2.45) is 16.8 Å². The Morgan fingerprint density at radius 3 is 2.68 bits per heavy atom. The number of hydrogen-bond donors (Lipinski definition) is 1. The molecule has 8 heteroatoms. The minimum atomic E-state index is -0.134. The summed E-state index contributed by atoms with van der Waals surface area (Å²) in [4.78, 5) is 18.3. The summed E-state index contributed by atoms with van der Waals surface area (Å²) < 4.78 is 16.1. The summed E-state index contributed by atoms with van der Waals surface area (Å²) in [6.45, 7) is 6.73. The van der Waals surface area contributed by atoms with Gasteiger partial charge in [0.15, 0.2) is 5.96 Å². The molecule has 0 bridgehead atoms. The molecule has 0 radical (unpaired) electrons. The van der Waals surface area contributed by atoms with Gasteiger partial charge in [0.25, 0.3) is 0 Å². The Morgan fingerprint density at radius 1 is 1.32 bits per heavy atom. The molecule has 0 aromatic heterocycles. The second-order valence-corrected chi connectivity index (χ2v) is 6.52. The van der Waals surface area contributed by atoms with Gasteiger partial charge < -0.3 is 24.4 Å². The fourth-order valence-electron chi connectivity index (χ4n) is 3.30. The average Bonchev–Trinajstić information content (AvgIpc) is 3.00. The summed E-state index contributed by atoms with van der Waals surface area (Å²) >= 11 is 0. The van der Waals surface area contributed by atoms with Crippen LogP contribution in [0, 0.1) is 11.8 Å². The van der Waals surface area contributed by atoms with Crippen molar-refractivity contribution in [1.29, 1.82) is 0 Å². The van der Waals surface area contributed by atoms with Crippen LogP contribution in [0.1, 0.15) is 26.2 Å². The molecule has 2 unspecified atom stereocenters. The van der Waals surface area contributed by atoms with Gasteiger partial charge in [0.05, 0.1) is 19.1 Å². The highest BCUT2D eigenvalue weighted by Gasteiger charge is 2.36. The third-order valence-electron chi connectivity index (χ3n) is 4.75. The minimum Gasteiger partial charge on any atom is -0.469 e. The maximum atomic E-state index is 11.8. The van der Waals surface area contributed by atoms with Crippen LogP contribution in [0.3, 0.4) is 0 Å². The molecule has 1 N–H and O–H groups in total. The summed E-state index contributed by atoms with van der Waals surface area (Å²) in [6.07, 6.45) is 3.27. The molecule has 0 spiro atoms. The quantitative estimate of drug-likeness (QED) is 0.209. The molecule has 2 heterocycles. The molecule has 2 atom stereocenters. The number of carbonyl (C=O) groups excluding carboxylic acids is 1. The monoisotopic (exact) mass is 469 g/mol. The van der Waals surface area contributed by atoms with Gasteiger partial charge in [0.2, 0.25) is 0 Å². The number of methoxy groups -OCH3 is 1. The highest BCUT2D eigenvalue weighted by molar-refractivity contribution is 14.0. The van der Waals surface area contributed by atoms with Crippen LogP contribution in [0.4, 0.5) is 0 Å². The fraction of sp³-hybridized carbons (Fsp3) is 0.882. The number of likely N-dealkylation sites (tertiary alicyclic amines) is 1. The van der Waals surface area contributed by atoms with Crippen LogP contribution in [0.5, 0.6) is 0 Å². The van der Waals surface area contributed by atoms with Crippen molar-refractivity contribution in [3.8, 4) is 0 Å². The lowest BCUT2D eigenvalue weighted by Gasteiger charge is -2.23. The van der Waals surface area contributed by atoms with E-state index >= 15 is 0 Å². The lowest BCUT2D eigenvalue weighted by molar-refractivity contribution is -0.145. The van der Waals surface area contributed by atoms with Gasteiger partial charge in [0, 0.05) is 46.5 Å². The predicted molar refractivity (Wildman–Crippen MR) is 107 cm³/mol. The van der Waals surface area contributed by atoms with Gasteiger partial charge in [-0.05, 0) is 25.2 Å². The number of guanidine groups is 1. The van der Waals surface area contributed by atoms with Gasteiger partial charge in [-0.1, -0.05) is 6.92 Å². The van der Waals surface area contributed by atoms with Gasteiger partial charge in [-0.25, -0.2) is 0 Å². The topological polar surface area (TPSA) is 72.4 Å². The third-order valence-corrected chi connectivity index (χ3v) is 4.75. The molecule has 2 aliphatic heterocycles. The first-order valence-corrected chi connectivity index (χ1v) is 8.88. The Hall–Kier alpha value is -0.610. The molecular formula is C17H32IN3O4. The first-order valence-electron chi connectivity index (χ1n) is 8.88. The molecular weight excluding hydrogens is 437 g/mol. The van der Waals surface area contributed by atoms with Crippen molar-refractivity contribution in [1.82, 2.24) is 10.2 Å². The Morgan fingerprint density at radius 2 is 2.04 bits per heavy atom. The van der Waals surface area contributed by atoms with Crippen LogP contribution in [-0.4, -0.2) is 76.5 Å². The summed E-state index contributed by atoms with van der Waals surface area (Å²) in [5.41, 5.74) is 0. The van der Waals surface area contributed by atoms with E-state index in [1.165, 1.54) is 7.11 Å². The summed E-state index contributed by atoms with van der Waals surface area (Å²) in [6, 6.07) is 0. The molecule has 2 fully saturated rings. The molecule has 2 aliphatic rings. The van der Waals surface area contributed by atoms with E-state index in [-0.39, 0.29) is 41.8 Å². The molecule has 2 saturated heterocycles. The van der Waals surface area contributed by atoms with Gasteiger partial charge in [-0.3, -0.25) is 9.79 Å². The number of nitrogens with zero attached hydrogens (tertiary/aromatic N) is 2. The highest BCUT2D eigenvalue weighted by Crippen LogP contribution is 2.24. The van der Waals surface area contributed by atoms with E-state index in [1.807, 2.05) is 0 Å². The normalized spacial score (nSPS) is 24.8. The van der Waals surface area contributed by atoms with Crippen molar-refractivity contribution in [2.75, 3.05) is 53.6 Å². The van der Waals surface area contributed by atoms with Crippen molar-refractivity contribution in [2.45, 2.75) is 32.3 Å². The first kappa shape index (κ1) is 22.4. The zero-order valence-corrected chi connectivity index (χ0v) is 17.9. The number of esters is 1. The van der Waals surface area contributed by atoms with E-state index < -0.39 is 0 Å². The van der Waals surface area contributed by atoms with E-state index in [2.05, 4.69) is 22.1 Å². The number of hydrogen-bond acceptors (Lipinski definition) is 5. The smallest absolute Gasteiger partial charge is 0.310 e. The Labute approximate surface area is 167 Å². The average molecular weight is 469 g/mol. The minimum absolute atomic E-state index is 0. The summed E-state index contributed by atoms with van der Waals surface area (Å²) in [5, 5.41) is 3.37. The van der Waals surface area contributed by atoms with E-state index in [0.29, 0.717) is 12.6 Å². The van der Waals surface area contributed by atoms with Crippen molar-refractivity contribution in [3.05, 3.63) is 0 Å². The molecule has 146 valence electrons. The third kappa shape index (κ3) is 6.90. The molecule has 0 aromatic rings. The van der Waals surface area contributed by atoms with Gasteiger partial charge >= 0.3 is 5.97 Å². The zero-order valence-electron chi connectivity index (χ0n) is 15.5. The largest absolute Gasteiger partial charge is 0.469 e. The highest BCUT2D eigenvalue weighted by atomic mass is 127. The Balaban J connectivity index is 0.00000312. The number of carbonyl (C=O) groups is 1. The van der Waals surface area contributed by atoms with Crippen molar-refractivity contribution >= 4 is 35.9 Å². The molecule has 7 nitrogen and oxygen atoms in total. The van der Waals surface area contributed by atoms with E-state index in [0.717, 1.165) is 58.1 Å². The van der Waals surface area contributed by atoms with E-state index in [1.54, 1.807) is 7.05 Å². The predicted octanol–water partition coefficient (Wildman–Crippen LogP) is 1.51. The Bertz CT molecular complexity index is 430. The zero-order chi connectivity index (χ0) is 17.4. The Kier molecular flexibility index (Phi) is 10.7. The summed E-state index contributed by atoms with van der Waals surface area (Å²) in [5.74, 6) is 0.905. The summed E-state index contributed by atoms with van der Waals surface area (Å²) in [7, 11) is 3.22. The van der Waals surface area contributed by atoms with Crippen LogP contribution in [0.15, 0.2) is 4.99 Å². The number of rotatable bonds is 6. The SMILES string of the molecule is CN=C(NCCCOC1CCOCC1)N1CC(C)C(C(=O)OC)C1.I. The fourth-order valence-corrected chi connectivity index (χ4v) is 3.30. The van der Waals surface area contributed by atoms with Gasteiger partial charge in [0.1, 0.15) is 0 Å². The molecule has 0 aliphatic carbocycles.